The Labute approximate surface area is 157 Å². The van der Waals surface area contributed by atoms with Gasteiger partial charge in [-0.3, -0.25) is 9.59 Å². The molecule has 0 saturated carbocycles. The second kappa shape index (κ2) is 6.40. The van der Waals surface area contributed by atoms with E-state index in [9.17, 15) is 22.8 Å². The molecule has 0 unspecified atom stereocenters. The minimum atomic E-state index is -4.56. The average Bonchev–Trinajstić information content (AvgIpc) is 3.20. The summed E-state index contributed by atoms with van der Waals surface area (Å²) in [4.78, 5) is 29.3. The van der Waals surface area contributed by atoms with Gasteiger partial charge >= 0.3 is 6.18 Å². The molecular formula is C20H15F3N2O3. The van der Waals surface area contributed by atoms with Gasteiger partial charge in [0.05, 0.1) is 24.3 Å². The van der Waals surface area contributed by atoms with Crippen LogP contribution in [0, 0.1) is 0 Å². The molecule has 2 aromatic carbocycles. The summed E-state index contributed by atoms with van der Waals surface area (Å²) in [5, 5.41) is 0.733. The van der Waals surface area contributed by atoms with Crippen molar-refractivity contribution in [2.45, 2.75) is 18.5 Å². The highest BCUT2D eigenvalue weighted by molar-refractivity contribution is 6.23. The van der Waals surface area contributed by atoms with Gasteiger partial charge in [0, 0.05) is 23.5 Å². The maximum atomic E-state index is 13.0. The number of H-pyrrole nitrogens is 1. The first-order valence-electron chi connectivity index (χ1n) is 8.48. The van der Waals surface area contributed by atoms with Crippen LogP contribution in [0.25, 0.3) is 10.9 Å². The lowest BCUT2D eigenvalue weighted by Crippen LogP contribution is -2.30. The Kier molecular flexibility index (Phi) is 4.14. The predicted molar refractivity (Wildman–Crippen MR) is 96.1 cm³/mol. The maximum absolute atomic E-state index is 13.0. The van der Waals surface area contributed by atoms with E-state index in [1.165, 1.54) is 19.2 Å². The number of imide groups is 1. The standard InChI is InChI=1S/C20H15F3N2O3/c1-28-13-5-6-17-14(8-13)16(10-24-17)15-9-18(26)25(19(15)27)12-4-2-3-11(7-12)20(21,22)23/h2-8,10,15,24H,9H2,1H3/t15-/m1/s1. The molecule has 1 aliphatic heterocycles. The van der Waals surface area contributed by atoms with Crippen LogP contribution in [-0.2, 0) is 15.8 Å². The quantitative estimate of drug-likeness (QED) is 0.683. The van der Waals surface area contributed by atoms with Crippen molar-refractivity contribution in [1.82, 2.24) is 4.98 Å². The summed E-state index contributed by atoms with van der Waals surface area (Å²) in [5.74, 6) is -1.26. The van der Waals surface area contributed by atoms with E-state index >= 15 is 0 Å². The van der Waals surface area contributed by atoms with E-state index in [0.717, 1.165) is 27.9 Å². The summed E-state index contributed by atoms with van der Waals surface area (Å²) in [5.41, 5.74) is 0.394. The minimum absolute atomic E-state index is 0.0789. The largest absolute Gasteiger partial charge is 0.497 e. The number of alkyl halides is 3. The van der Waals surface area contributed by atoms with E-state index in [2.05, 4.69) is 4.98 Å². The Bertz CT molecular complexity index is 1090. The molecule has 8 heteroatoms. The number of hydrogen-bond acceptors (Lipinski definition) is 3. The highest BCUT2D eigenvalue weighted by Crippen LogP contribution is 2.39. The molecule has 4 rings (SSSR count). The number of nitrogens with one attached hydrogen (secondary N) is 1. The van der Waals surface area contributed by atoms with Crippen molar-refractivity contribution >= 4 is 28.4 Å². The molecule has 1 fully saturated rings. The number of benzene rings is 2. The van der Waals surface area contributed by atoms with Crippen LogP contribution in [-0.4, -0.2) is 23.9 Å². The fourth-order valence-corrected chi connectivity index (χ4v) is 3.50. The van der Waals surface area contributed by atoms with Crippen molar-refractivity contribution in [1.29, 1.82) is 0 Å². The number of aromatic amines is 1. The zero-order valence-electron chi connectivity index (χ0n) is 14.7. The van der Waals surface area contributed by atoms with Gasteiger partial charge in [0.1, 0.15) is 5.75 Å². The Morgan fingerprint density at radius 3 is 2.64 bits per heavy atom. The molecule has 144 valence electrons. The summed E-state index contributed by atoms with van der Waals surface area (Å²) in [6, 6.07) is 9.54. The third-order valence-corrected chi connectivity index (χ3v) is 4.87. The highest BCUT2D eigenvalue weighted by atomic mass is 19.4. The van der Waals surface area contributed by atoms with Crippen molar-refractivity contribution < 1.29 is 27.5 Å². The summed E-state index contributed by atoms with van der Waals surface area (Å²) >= 11 is 0. The Balaban J connectivity index is 1.73. The first kappa shape index (κ1) is 18.1. The summed E-state index contributed by atoms with van der Waals surface area (Å²) < 4.78 is 44.2. The second-order valence-electron chi connectivity index (χ2n) is 6.53. The van der Waals surface area contributed by atoms with Crippen molar-refractivity contribution in [2.24, 2.45) is 0 Å². The molecule has 0 spiro atoms. The van der Waals surface area contributed by atoms with Crippen LogP contribution in [0.2, 0.25) is 0 Å². The van der Waals surface area contributed by atoms with Gasteiger partial charge in [0.2, 0.25) is 11.8 Å². The highest BCUT2D eigenvalue weighted by Gasteiger charge is 2.42. The van der Waals surface area contributed by atoms with Crippen LogP contribution in [0.3, 0.4) is 0 Å². The van der Waals surface area contributed by atoms with Gasteiger partial charge in [0.15, 0.2) is 0 Å². The predicted octanol–water partition coefficient (Wildman–Crippen LogP) is 4.24. The van der Waals surface area contributed by atoms with E-state index in [1.807, 2.05) is 0 Å². The topological polar surface area (TPSA) is 62.4 Å². The second-order valence-corrected chi connectivity index (χ2v) is 6.53. The summed E-state index contributed by atoms with van der Waals surface area (Å²) in [6.45, 7) is 0. The number of carbonyl (C=O) groups excluding carboxylic acids is 2. The van der Waals surface area contributed by atoms with E-state index in [0.29, 0.717) is 11.3 Å². The zero-order chi connectivity index (χ0) is 20.1. The van der Waals surface area contributed by atoms with Gasteiger partial charge in [-0.05, 0) is 42.0 Å². The van der Waals surface area contributed by atoms with Crippen molar-refractivity contribution in [3.05, 3.63) is 59.8 Å². The fraction of sp³-hybridized carbons (Fsp3) is 0.200. The zero-order valence-corrected chi connectivity index (χ0v) is 14.7. The molecule has 3 aromatic rings. The molecule has 1 aliphatic rings. The first-order valence-corrected chi connectivity index (χ1v) is 8.48. The van der Waals surface area contributed by atoms with Crippen LogP contribution in [0.15, 0.2) is 48.7 Å². The van der Waals surface area contributed by atoms with Crippen molar-refractivity contribution in [3.8, 4) is 5.75 Å². The third-order valence-electron chi connectivity index (χ3n) is 4.87. The SMILES string of the molecule is COc1ccc2[nH]cc([C@H]3CC(=O)N(c4cccc(C(F)(F)F)c4)C3=O)c2c1. The molecule has 1 N–H and O–H groups in total. The van der Waals surface area contributed by atoms with Crippen LogP contribution >= 0.6 is 0 Å². The number of rotatable bonds is 3. The fourth-order valence-electron chi connectivity index (χ4n) is 3.50. The number of fused-ring (bicyclic) bond motifs is 1. The molecule has 0 aliphatic carbocycles. The lowest BCUT2D eigenvalue weighted by molar-refractivity contribution is -0.137. The molecule has 1 aromatic heterocycles. The van der Waals surface area contributed by atoms with Crippen molar-refractivity contribution in [3.63, 3.8) is 0 Å². The van der Waals surface area contributed by atoms with E-state index in [-0.39, 0.29) is 12.1 Å². The number of carbonyl (C=O) groups is 2. The van der Waals surface area contributed by atoms with Gasteiger partial charge in [0.25, 0.3) is 0 Å². The van der Waals surface area contributed by atoms with Gasteiger partial charge in [-0.2, -0.15) is 13.2 Å². The van der Waals surface area contributed by atoms with E-state index in [4.69, 9.17) is 4.74 Å². The smallest absolute Gasteiger partial charge is 0.416 e. The van der Waals surface area contributed by atoms with Crippen LogP contribution in [0.4, 0.5) is 18.9 Å². The molecule has 0 bridgehead atoms. The lowest BCUT2D eigenvalue weighted by atomic mass is 9.97. The number of nitrogens with zero attached hydrogens (tertiary/aromatic N) is 1. The van der Waals surface area contributed by atoms with Crippen LogP contribution in [0.1, 0.15) is 23.5 Å². The summed E-state index contributed by atoms with van der Waals surface area (Å²) in [7, 11) is 1.52. The normalized spacial score (nSPS) is 17.6. The molecular weight excluding hydrogens is 373 g/mol. The first-order chi connectivity index (χ1) is 13.3. The molecule has 1 saturated heterocycles. The average molecular weight is 388 g/mol. The number of methoxy groups -OCH3 is 1. The number of ether oxygens (including phenoxy) is 1. The molecule has 2 amide bonds. The molecule has 28 heavy (non-hydrogen) atoms. The minimum Gasteiger partial charge on any atom is -0.497 e. The number of hydrogen-bond donors (Lipinski definition) is 1. The van der Waals surface area contributed by atoms with Gasteiger partial charge in [-0.25, -0.2) is 4.90 Å². The summed E-state index contributed by atoms with van der Waals surface area (Å²) in [6.07, 6.45) is -3.02. The number of anilines is 1. The number of aromatic nitrogens is 1. The van der Waals surface area contributed by atoms with Crippen LogP contribution < -0.4 is 9.64 Å². The number of halogens is 3. The molecule has 2 heterocycles. The molecule has 5 nitrogen and oxygen atoms in total. The van der Waals surface area contributed by atoms with Crippen LogP contribution in [0.5, 0.6) is 5.75 Å². The molecule has 0 radical (unpaired) electrons. The van der Waals surface area contributed by atoms with Gasteiger partial charge in [-0.1, -0.05) is 6.07 Å². The lowest BCUT2D eigenvalue weighted by Gasteiger charge is -2.17. The number of amides is 2. The maximum Gasteiger partial charge on any atom is 0.416 e. The van der Waals surface area contributed by atoms with Gasteiger partial charge < -0.3 is 9.72 Å². The Morgan fingerprint density at radius 2 is 1.93 bits per heavy atom. The monoisotopic (exact) mass is 388 g/mol. The Hall–Kier alpha value is -3.29. The van der Waals surface area contributed by atoms with Crippen molar-refractivity contribution in [2.75, 3.05) is 12.0 Å². The molecule has 1 atom stereocenters. The van der Waals surface area contributed by atoms with Gasteiger partial charge in [-0.15, -0.1) is 0 Å². The van der Waals surface area contributed by atoms with E-state index < -0.39 is 29.5 Å². The Morgan fingerprint density at radius 1 is 1.14 bits per heavy atom. The third kappa shape index (κ3) is 2.90. The van der Waals surface area contributed by atoms with E-state index in [1.54, 1.807) is 24.4 Å².